The van der Waals surface area contributed by atoms with E-state index in [1.54, 1.807) is 18.3 Å². The highest BCUT2D eigenvalue weighted by Gasteiger charge is 2.11. The molecule has 0 aliphatic rings. The van der Waals surface area contributed by atoms with Crippen LogP contribution >= 0.6 is 0 Å². The highest BCUT2D eigenvalue weighted by atomic mass is 16.5. The number of hydrogen-bond donors (Lipinski definition) is 2. The van der Waals surface area contributed by atoms with E-state index in [2.05, 4.69) is 30.6 Å². The molecule has 0 aliphatic heterocycles. The molecule has 0 bridgehead atoms. The molecule has 4 rings (SSSR count). The summed E-state index contributed by atoms with van der Waals surface area (Å²) in [6.45, 7) is 0.384. The molecule has 2 N–H and O–H groups in total. The van der Waals surface area contributed by atoms with Crippen molar-refractivity contribution in [1.82, 2.24) is 30.6 Å². The lowest BCUT2D eigenvalue weighted by Crippen LogP contribution is -2.26. The number of pyridine rings is 1. The molecule has 0 spiro atoms. The molecule has 0 aliphatic carbocycles. The molecule has 0 atom stereocenters. The van der Waals surface area contributed by atoms with Crippen LogP contribution in [0.1, 0.15) is 16.3 Å². The monoisotopic (exact) mass is 334 g/mol. The molecule has 0 radical (unpaired) electrons. The van der Waals surface area contributed by atoms with Gasteiger partial charge in [0.05, 0.1) is 6.20 Å². The lowest BCUT2D eigenvalue weighted by molar-refractivity contribution is 0.0949. The molecule has 25 heavy (non-hydrogen) atoms. The van der Waals surface area contributed by atoms with Gasteiger partial charge < -0.3 is 9.84 Å². The van der Waals surface area contributed by atoms with Crippen LogP contribution < -0.4 is 5.32 Å². The number of fused-ring (bicyclic) bond motifs is 1. The fourth-order valence-electron chi connectivity index (χ4n) is 2.38. The fraction of sp³-hybridized carbons (Fsp3) is 0.118. The Kier molecular flexibility index (Phi) is 3.91. The van der Waals surface area contributed by atoms with Gasteiger partial charge in [-0.15, -0.1) is 0 Å². The summed E-state index contributed by atoms with van der Waals surface area (Å²) in [5.74, 6) is 0.743. The predicted octanol–water partition coefficient (Wildman–Crippen LogP) is 1.98. The van der Waals surface area contributed by atoms with E-state index >= 15 is 0 Å². The molecule has 0 unspecified atom stereocenters. The SMILES string of the molecule is O=C(NCCc1noc(-c2ccccc2)n1)c1ccc2cn[nH]c2n1. The second-order valence-electron chi connectivity index (χ2n) is 5.39. The van der Waals surface area contributed by atoms with Gasteiger partial charge in [-0.3, -0.25) is 9.89 Å². The van der Waals surface area contributed by atoms with Crippen LogP contribution in [0.4, 0.5) is 0 Å². The Labute approximate surface area is 142 Å². The van der Waals surface area contributed by atoms with Gasteiger partial charge in [-0.2, -0.15) is 10.1 Å². The Morgan fingerprint density at radius 1 is 1.12 bits per heavy atom. The molecule has 3 heterocycles. The van der Waals surface area contributed by atoms with Crippen LogP contribution in [-0.4, -0.2) is 37.8 Å². The first-order valence-electron chi connectivity index (χ1n) is 7.76. The first kappa shape index (κ1) is 15.0. The van der Waals surface area contributed by atoms with Crippen molar-refractivity contribution in [2.75, 3.05) is 6.54 Å². The molecular formula is C17H14N6O2. The van der Waals surface area contributed by atoms with Gasteiger partial charge in [0.2, 0.25) is 0 Å². The van der Waals surface area contributed by atoms with E-state index in [4.69, 9.17) is 4.52 Å². The van der Waals surface area contributed by atoms with Crippen molar-refractivity contribution in [3.8, 4) is 11.5 Å². The van der Waals surface area contributed by atoms with Gasteiger partial charge in [-0.25, -0.2) is 4.98 Å². The Hall–Kier alpha value is -3.55. The Bertz CT molecular complexity index is 1010. The summed E-state index contributed by atoms with van der Waals surface area (Å²) in [6, 6.07) is 13.0. The number of nitrogens with zero attached hydrogens (tertiary/aromatic N) is 4. The van der Waals surface area contributed by atoms with Gasteiger partial charge in [0, 0.05) is 23.9 Å². The summed E-state index contributed by atoms with van der Waals surface area (Å²) in [4.78, 5) is 20.7. The lowest BCUT2D eigenvalue weighted by atomic mass is 10.2. The zero-order valence-electron chi connectivity index (χ0n) is 13.1. The molecule has 0 saturated carbocycles. The van der Waals surface area contributed by atoms with Crippen LogP contribution in [0.25, 0.3) is 22.5 Å². The van der Waals surface area contributed by atoms with Crippen molar-refractivity contribution in [2.24, 2.45) is 0 Å². The molecule has 1 aromatic carbocycles. The molecule has 124 valence electrons. The minimum Gasteiger partial charge on any atom is -0.350 e. The summed E-state index contributed by atoms with van der Waals surface area (Å²) in [5.41, 5.74) is 1.77. The topological polar surface area (TPSA) is 110 Å². The van der Waals surface area contributed by atoms with Crippen LogP contribution in [0, 0.1) is 0 Å². The third-order valence-electron chi connectivity index (χ3n) is 3.66. The maximum absolute atomic E-state index is 12.2. The molecule has 4 aromatic rings. The highest BCUT2D eigenvalue weighted by Crippen LogP contribution is 2.16. The van der Waals surface area contributed by atoms with Crippen molar-refractivity contribution < 1.29 is 9.32 Å². The number of amides is 1. The summed E-state index contributed by atoms with van der Waals surface area (Å²) in [7, 11) is 0. The van der Waals surface area contributed by atoms with Crippen LogP contribution in [0.5, 0.6) is 0 Å². The normalized spacial score (nSPS) is 10.9. The number of aromatic nitrogens is 5. The van der Waals surface area contributed by atoms with E-state index in [-0.39, 0.29) is 5.91 Å². The number of carbonyl (C=O) groups excluding carboxylic acids is 1. The first-order chi connectivity index (χ1) is 12.3. The first-order valence-corrected chi connectivity index (χ1v) is 7.76. The molecule has 0 saturated heterocycles. The smallest absolute Gasteiger partial charge is 0.269 e. The van der Waals surface area contributed by atoms with Crippen molar-refractivity contribution in [1.29, 1.82) is 0 Å². The summed E-state index contributed by atoms with van der Waals surface area (Å²) < 4.78 is 5.23. The summed E-state index contributed by atoms with van der Waals surface area (Å²) >= 11 is 0. The van der Waals surface area contributed by atoms with E-state index < -0.39 is 0 Å². The number of benzene rings is 1. The van der Waals surface area contributed by atoms with Gasteiger partial charge in [0.25, 0.3) is 11.8 Å². The van der Waals surface area contributed by atoms with Gasteiger partial charge in [-0.1, -0.05) is 23.4 Å². The molecular weight excluding hydrogens is 320 g/mol. The van der Waals surface area contributed by atoms with Crippen molar-refractivity contribution in [3.05, 3.63) is 60.2 Å². The van der Waals surface area contributed by atoms with E-state index in [9.17, 15) is 4.79 Å². The van der Waals surface area contributed by atoms with Crippen LogP contribution in [0.15, 0.2) is 53.2 Å². The summed E-state index contributed by atoms with van der Waals surface area (Å²) in [5, 5.41) is 14.2. The van der Waals surface area contributed by atoms with Crippen LogP contribution in [-0.2, 0) is 6.42 Å². The van der Waals surface area contributed by atoms with E-state index in [0.717, 1.165) is 10.9 Å². The molecule has 3 aromatic heterocycles. The van der Waals surface area contributed by atoms with Gasteiger partial charge in [0.1, 0.15) is 5.69 Å². The van der Waals surface area contributed by atoms with Crippen molar-refractivity contribution in [2.45, 2.75) is 6.42 Å². The minimum absolute atomic E-state index is 0.261. The standard InChI is InChI=1S/C17H14N6O2/c24-16(13-7-6-12-10-19-22-15(12)20-13)18-9-8-14-21-17(25-23-14)11-4-2-1-3-5-11/h1-7,10H,8-9H2,(H,18,24)(H,19,20,22). The van der Waals surface area contributed by atoms with Gasteiger partial charge in [0.15, 0.2) is 11.5 Å². The van der Waals surface area contributed by atoms with E-state index in [1.807, 2.05) is 30.3 Å². The zero-order chi connectivity index (χ0) is 17.1. The maximum atomic E-state index is 12.2. The third-order valence-corrected chi connectivity index (χ3v) is 3.66. The fourth-order valence-corrected chi connectivity index (χ4v) is 2.38. The number of H-pyrrole nitrogens is 1. The average molecular weight is 334 g/mol. The molecule has 8 nitrogen and oxygen atoms in total. The Morgan fingerprint density at radius 3 is 2.88 bits per heavy atom. The number of rotatable bonds is 5. The molecule has 8 heteroatoms. The summed E-state index contributed by atoms with van der Waals surface area (Å²) in [6.07, 6.45) is 2.12. The predicted molar refractivity (Wildman–Crippen MR) is 89.7 cm³/mol. The molecule has 0 fully saturated rings. The van der Waals surface area contributed by atoms with Crippen molar-refractivity contribution in [3.63, 3.8) is 0 Å². The lowest BCUT2D eigenvalue weighted by Gasteiger charge is -2.02. The van der Waals surface area contributed by atoms with Gasteiger partial charge in [-0.05, 0) is 24.3 Å². The minimum atomic E-state index is -0.261. The second-order valence-corrected chi connectivity index (χ2v) is 5.39. The Balaban J connectivity index is 1.36. The quantitative estimate of drug-likeness (QED) is 0.577. The Morgan fingerprint density at radius 2 is 2.00 bits per heavy atom. The largest absolute Gasteiger partial charge is 0.350 e. The van der Waals surface area contributed by atoms with E-state index in [1.165, 1.54) is 0 Å². The number of carbonyl (C=O) groups is 1. The second kappa shape index (κ2) is 6.52. The maximum Gasteiger partial charge on any atom is 0.269 e. The van der Waals surface area contributed by atoms with Gasteiger partial charge >= 0.3 is 0 Å². The number of aromatic amines is 1. The third kappa shape index (κ3) is 3.23. The van der Waals surface area contributed by atoms with Crippen LogP contribution in [0.2, 0.25) is 0 Å². The van der Waals surface area contributed by atoms with Crippen LogP contribution in [0.3, 0.4) is 0 Å². The molecule has 1 amide bonds. The van der Waals surface area contributed by atoms with Crippen molar-refractivity contribution >= 4 is 16.9 Å². The highest BCUT2D eigenvalue weighted by molar-refractivity contribution is 5.94. The van der Waals surface area contributed by atoms with E-state index in [0.29, 0.717) is 36.0 Å². The number of hydrogen-bond acceptors (Lipinski definition) is 6. The average Bonchev–Trinajstić information content (AvgIpc) is 3.31. The zero-order valence-corrected chi connectivity index (χ0v) is 13.1. The number of nitrogens with one attached hydrogen (secondary N) is 2.